The summed E-state index contributed by atoms with van der Waals surface area (Å²) in [5, 5.41) is 0. The number of esters is 5. The van der Waals surface area contributed by atoms with Crippen LogP contribution in [0.25, 0.3) is 0 Å². The number of unbranched alkanes of at least 4 members (excludes halogenated alkanes) is 21. The molecule has 4 atom stereocenters. The van der Waals surface area contributed by atoms with E-state index in [0.29, 0.717) is 57.0 Å². The van der Waals surface area contributed by atoms with E-state index in [-0.39, 0.29) is 49.9 Å². The molecule has 0 saturated heterocycles. The van der Waals surface area contributed by atoms with Gasteiger partial charge in [-0.2, -0.15) is 0 Å². The lowest BCUT2D eigenvalue weighted by Gasteiger charge is -2.23. The van der Waals surface area contributed by atoms with E-state index < -0.39 is 17.9 Å². The maximum Gasteiger partial charge on any atom is 0.320 e. The number of ether oxygens (including phenoxy) is 6. The quantitative estimate of drug-likeness (QED) is 0.0243. The van der Waals surface area contributed by atoms with Crippen molar-refractivity contribution in [1.29, 1.82) is 0 Å². The molecule has 0 amide bonds. The Labute approximate surface area is 498 Å². The third-order valence-electron chi connectivity index (χ3n) is 13.8. The highest BCUT2D eigenvalue weighted by molar-refractivity contribution is 5.78. The minimum atomic E-state index is -0.473. The first-order valence-corrected chi connectivity index (χ1v) is 32.8. The van der Waals surface area contributed by atoms with Crippen LogP contribution < -0.4 is 0 Å². The van der Waals surface area contributed by atoms with E-state index in [2.05, 4.69) is 62.3 Å². The lowest BCUT2D eigenvalue weighted by molar-refractivity contribution is -0.153. The molecule has 14 heteroatoms. The molecule has 4 unspecified atom stereocenters. The van der Waals surface area contributed by atoms with Gasteiger partial charge in [-0.05, 0) is 76.0 Å². The Kier molecular flexibility index (Phi) is 75.6. The molecule has 482 valence electrons. The van der Waals surface area contributed by atoms with Crippen LogP contribution in [0, 0.1) is 23.7 Å². The van der Waals surface area contributed by atoms with Crippen molar-refractivity contribution in [2.75, 3.05) is 66.4 Å². The topological polar surface area (TPSA) is 178 Å². The second-order valence-electron chi connectivity index (χ2n) is 22.3. The Morgan fingerprint density at radius 1 is 0.395 bits per heavy atom. The number of carbonyl (C=O) groups is 7. The summed E-state index contributed by atoms with van der Waals surface area (Å²) in [5.41, 5.74) is 0. The lowest BCUT2D eigenvalue weighted by Crippen LogP contribution is -2.40. The molecule has 0 aromatic carbocycles. The largest absolute Gasteiger partial charge is 0.466 e. The van der Waals surface area contributed by atoms with Crippen LogP contribution in [0.15, 0.2) is 0 Å². The van der Waals surface area contributed by atoms with Crippen LogP contribution in [0.5, 0.6) is 0 Å². The van der Waals surface area contributed by atoms with Gasteiger partial charge < -0.3 is 38.0 Å². The van der Waals surface area contributed by atoms with Crippen molar-refractivity contribution in [3.05, 3.63) is 0 Å². The number of aldehydes is 1. The number of hydrogen-bond donors (Lipinski definition) is 0. The molecule has 0 aromatic rings. The summed E-state index contributed by atoms with van der Waals surface area (Å²) in [6.45, 7) is 28.6. The van der Waals surface area contributed by atoms with Gasteiger partial charge >= 0.3 is 29.8 Å². The van der Waals surface area contributed by atoms with Crippen molar-refractivity contribution in [2.24, 2.45) is 23.7 Å². The van der Waals surface area contributed by atoms with Crippen molar-refractivity contribution >= 4 is 41.9 Å². The highest BCUT2D eigenvalue weighted by atomic mass is 16.6. The third kappa shape index (κ3) is 76.6. The molecule has 0 N–H and O–H groups in total. The highest BCUT2D eigenvalue weighted by Crippen LogP contribution is 2.23. The highest BCUT2D eigenvalue weighted by Gasteiger charge is 2.22. The van der Waals surface area contributed by atoms with Gasteiger partial charge in [-0.3, -0.25) is 28.9 Å². The van der Waals surface area contributed by atoms with Crippen molar-refractivity contribution < 1.29 is 62.0 Å². The molecule has 0 radical (unpaired) electrons. The van der Waals surface area contributed by atoms with Crippen LogP contribution in [-0.2, 0) is 62.0 Å². The second-order valence-corrected chi connectivity index (χ2v) is 22.3. The Balaban J connectivity index is -0.000000450. The average molecular weight is 1160 g/mol. The predicted molar refractivity (Wildman–Crippen MR) is 334 cm³/mol. The molecule has 0 aliphatic rings. The zero-order chi connectivity index (χ0) is 62.0. The van der Waals surface area contributed by atoms with Gasteiger partial charge in [0.25, 0.3) is 0 Å². The summed E-state index contributed by atoms with van der Waals surface area (Å²) in [5.74, 6) is 0.155. The normalized spacial score (nSPS) is 12.0. The summed E-state index contributed by atoms with van der Waals surface area (Å²) in [7, 11) is 1.77. The molecular formula is C67H131NO13. The number of hydrogen-bond acceptors (Lipinski definition) is 14. The van der Waals surface area contributed by atoms with Gasteiger partial charge in [0.15, 0.2) is 0 Å². The van der Waals surface area contributed by atoms with Crippen molar-refractivity contribution in [3.8, 4) is 0 Å². The van der Waals surface area contributed by atoms with Crippen molar-refractivity contribution in [1.82, 2.24) is 4.90 Å². The fourth-order valence-corrected chi connectivity index (χ4v) is 7.90. The Hall–Kier alpha value is -3.39. The van der Waals surface area contributed by atoms with Crippen molar-refractivity contribution in [3.63, 3.8) is 0 Å². The van der Waals surface area contributed by atoms with Crippen LogP contribution in [0.1, 0.15) is 302 Å². The number of methoxy groups -OCH3 is 1. The Morgan fingerprint density at radius 2 is 0.728 bits per heavy atom. The zero-order valence-corrected chi connectivity index (χ0v) is 55.3. The van der Waals surface area contributed by atoms with Gasteiger partial charge in [0.05, 0.1) is 52.7 Å². The molecule has 0 aliphatic carbocycles. The predicted octanol–water partition coefficient (Wildman–Crippen LogP) is 17.0. The van der Waals surface area contributed by atoms with Crippen LogP contribution in [0.3, 0.4) is 0 Å². The lowest BCUT2D eigenvalue weighted by atomic mass is 9.87. The molecule has 81 heavy (non-hydrogen) atoms. The molecule has 0 aromatic heterocycles. The van der Waals surface area contributed by atoms with Gasteiger partial charge in [0.1, 0.15) is 12.1 Å². The van der Waals surface area contributed by atoms with Gasteiger partial charge in [0, 0.05) is 33.0 Å². The van der Waals surface area contributed by atoms with Crippen molar-refractivity contribution in [2.45, 2.75) is 302 Å². The number of nitrogens with zero attached hydrogens (tertiary/aromatic N) is 1. The summed E-state index contributed by atoms with van der Waals surface area (Å²) in [6.07, 6.45) is 37.3. The maximum atomic E-state index is 12.8. The van der Waals surface area contributed by atoms with Crippen LogP contribution in [-0.4, -0.2) is 113 Å². The molecular weight excluding hydrogens is 1030 g/mol. The van der Waals surface area contributed by atoms with Gasteiger partial charge in [-0.15, -0.1) is 0 Å². The number of carbonyl (C=O) groups excluding carboxylic acids is 7. The van der Waals surface area contributed by atoms with E-state index in [4.69, 9.17) is 28.4 Å². The monoisotopic (exact) mass is 1160 g/mol. The molecule has 0 bridgehead atoms. The number of Topliss-reactive ketones (excluding diaryl/α,β-unsaturated/α-hetero) is 1. The van der Waals surface area contributed by atoms with Crippen LogP contribution in [0.4, 0.5) is 0 Å². The number of rotatable bonds is 50. The third-order valence-corrected chi connectivity index (χ3v) is 13.8. The Bertz CT molecular complexity index is 1350. The van der Waals surface area contributed by atoms with E-state index >= 15 is 0 Å². The molecule has 0 saturated carbocycles. The standard InChI is InChI=1S/C38H71NO8.C11H22O2.C9H20O.C6H12O.C3H6O/c1-7-11-13-15-17-21-25-44-36(41)27-39(28-37(42)45-26-22-18-16-14-12-8-2)29-38(43)46-30-32(5)23-19-20-24-34(33(6)9-3)31-47-35(40)10-4;1-3-5-6-7-8-9-10-13-11(12)4-2;1-3-4-5-6-7-8-9-10-2;1-3-6(2)4-5-7;1-3(2)4/h32-34H,7-31H2,1-6H3;3-10H2,1-2H3;3-9H2,1-2H3;5-6H,3-4H2,1-2H3;1-2H3. The minimum Gasteiger partial charge on any atom is -0.466 e. The minimum absolute atomic E-state index is 0.0754. The summed E-state index contributed by atoms with van der Waals surface area (Å²) < 4.78 is 31.7. The van der Waals surface area contributed by atoms with Gasteiger partial charge in [-0.25, -0.2) is 0 Å². The Morgan fingerprint density at radius 3 is 1.07 bits per heavy atom. The van der Waals surface area contributed by atoms with E-state index in [1.54, 1.807) is 7.11 Å². The second kappa shape index (κ2) is 70.9. The number of ketones is 1. The smallest absolute Gasteiger partial charge is 0.320 e. The molecule has 0 heterocycles. The zero-order valence-electron chi connectivity index (χ0n) is 55.3. The maximum absolute atomic E-state index is 12.8. The van der Waals surface area contributed by atoms with E-state index in [1.165, 1.54) is 128 Å². The fourth-order valence-electron chi connectivity index (χ4n) is 7.90. The SMILES string of the molecule is CC(C)=O.CCC(C)CC=O.CCCCCCCCOC.CCCCCCCCOC(=O)CC.CCCCCCCCOC(=O)CN(CC(=O)OCCCCCCCC)CC(=O)OCC(C)CCCCC(COC(=O)CC)C(C)CC. The first kappa shape index (κ1) is 86.4. The first-order valence-electron chi connectivity index (χ1n) is 32.8. The average Bonchev–Trinajstić information content (AvgIpc) is 3.44. The molecule has 0 rings (SSSR count). The van der Waals surface area contributed by atoms with Crippen LogP contribution >= 0.6 is 0 Å². The summed E-state index contributed by atoms with van der Waals surface area (Å²) in [6, 6.07) is 0. The van der Waals surface area contributed by atoms with E-state index in [9.17, 15) is 33.6 Å². The van der Waals surface area contributed by atoms with E-state index in [1.807, 2.05) is 13.8 Å². The summed E-state index contributed by atoms with van der Waals surface area (Å²) in [4.78, 5) is 80.9. The fraction of sp³-hybridized carbons (Fsp3) is 0.896. The van der Waals surface area contributed by atoms with E-state index in [0.717, 1.165) is 103 Å². The molecule has 0 aliphatic heterocycles. The first-order chi connectivity index (χ1) is 38.9. The molecule has 0 fully saturated rings. The summed E-state index contributed by atoms with van der Waals surface area (Å²) >= 11 is 0. The van der Waals surface area contributed by atoms with Gasteiger partial charge in [0.2, 0.25) is 0 Å². The van der Waals surface area contributed by atoms with Gasteiger partial charge in [-0.1, -0.05) is 230 Å². The van der Waals surface area contributed by atoms with Crippen LogP contribution in [0.2, 0.25) is 0 Å². The molecule has 0 spiro atoms. The molecule has 14 nitrogen and oxygen atoms in total.